The molecule has 4 heterocycles. The molecule has 7 atom stereocenters. The lowest BCUT2D eigenvalue weighted by Gasteiger charge is -2.42. The van der Waals surface area contributed by atoms with Crippen LogP contribution in [0.15, 0.2) is 12.7 Å². The van der Waals surface area contributed by atoms with Crippen molar-refractivity contribution in [2.24, 2.45) is 0 Å². The van der Waals surface area contributed by atoms with Gasteiger partial charge in [0.1, 0.15) is 30.1 Å². The maximum atomic E-state index is 12.6. The van der Waals surface area contributed by atoms with Crippen molar-refractivity contribution >= 4 is 22.9 Å². The largest absolute Gasteiger partial charge is 0.391 e. The number of rotatable bonds is 4. The van der Waals surface area contributed by atoms with E-state index in [9.17, 15) is 20.1 Å². The zero-order valence-electron chi connectivity index (χ0n) is 16.1. The van der Waals surface area contributed by atoms with Gasteiger partial charge in [0.25, 0.3) is 0 Å². The molecule has 12 heteroatoms. The summed E-state index contributed by atoms with van der Waals surface area (Å²) in [6, 6.07) is -1.54. The quantitative estimate of drug-likeness (QED) is 0.326. The number of fused-ring (bicyclic) bond motifs is 1. The Bertz CT molecular complexity index is 869. The number of imidazole rings is 1. The number of anilines is 1. The minimum atomic E-state index is -1.34. The Morgan fingerprint density at radius 2 is 2.07 bits per heavy atom. The number of aromatic amines is 1. The monoisotopic (exact) mass is 407 g/mol. The van der Waals surface area contributed by atoms with E-state index in [2.05, 4.69) is 30.6 Å². The standard InChI is InChI=1S/C17H25N7O5/c1-7-9(22-16(28)11-8(25)3-4-24(11)2)12(26)13(27)17(29-7)23-15-10-14(19-5-18-10)20-6-21-15/h5-9,11-13,17,25-27H,3-4H2,1-2H3,(H,22,28)(H2,18,19,20,21,23)/t7-,8-,9-,11+,12+,13-,17-/m0/s1. The first kappa shape index (κ1) is 19.9. The lowest BCUT2D eigenvalue weighted by atomic mass is 9.95. The van der Waals surface area contributed by atoms with E-state index in [1.165, 1.54) is 12.7 Å². The topological polar surface area (TPSA) is 169 Å². The molecule has 4 rings (SSSR count). The third-order valence-electron chi connectivity index (χ3n) is 5.59. The number of hydrogen-bond donors (Lipinski definition) is 6. The van der Waals surface area contributed by atoms with E-state index in [-0.39, 0.29) is 0 Å². The Hall–Kier alpha value is -2.38. The van der Waals surface area contributed by atoms with Gasteiger partial charge in [0.2, 0.25) is 5.91 Å². The molecular formula is C17H25N7O5. The van der Waals surface area contributed by atoms with Gasteiger partial charge < -0.3 is 35.7 Å². The maximum absolute atomic E-state index is 12.6. The zero-order chi connectivity index (χ0) is 20.7. The van der Waals surface area contributed by atoms with Crippen LogP contribution in [0, 0.1) is 0 Å². The summed E-state index contributed by atoms with van der Waals surface area (Å²) >= 11 is 0. The highest BCUT2D eigenvalue weighted by atomic mass is 16.5. The highest BCUT2D eigenvalue weighted by Gasteiger charge is 2.45. The molecule has 2 aromatic rings. The minimum absolute atomic E-state index is 0.370. The van der Waals surface area contributed by atoms with Gasteiger partial charge in [-0.25, -0.2) is 15.0 Å². The van der Waals surface area contributed by atoms with E-state index in [4.69, 9.17) is 4.74 Å². The number of carbonyl (C=O) groups is 1. The number of hydrogen-bond acceptors (Lipinski definition) is 10. The summed E-state index contributed by atoms with van der Waals surface area (Å²) in [7, 11) is 1.75. The van der Waals surface area contributed by atoms with E-state index >= 15 is 0 Å². The van der Waals surface area contributed by atoms with Gasteiger partial charge in [-0.05, 0) is 20.4 Å². The molecule has 2 saturated heterocycles. The van der Waals surface area contributed by atoms with Crippen LogP contribution in [-0.2, 0) is 9.53 Å². The molecule has 0 spiro atoms. The second kappa shape index (κ2) is 7.80. The molecule has 0 saturated carbocycles. The molecule has 2 aromatic heterocycles. The average molecular weight is 407 g/mol. The fraction of sp³-hybridized carbons (Fsp3) is 0.647. The van der Waals surface area contributed by atoms with Crippen molar-refractivity contribution in [2.75, 3.05) is 18.9 Å². The van der Waals surface area contributed by atoms with E-state index in [1.807, 2.05) is 0 Å². The number of nitrogens with one attached hydrogen (secondary N) is 3. The Balaban J connectivity index is 1.45. The van der Waals surface area contributed by atoms with Crippen LogP contribution in [-0.4, -0.2) is 102 Å². The number of carbonyl (C=O) groups excluding carboxylic acids is 1. The van der Waals surface area contributed by atoms with Crippen molar-refractivity contribution < 1.29 is 24.9 Å². The first-order valence-electron chi connectivity index (χ1n) is 9.47. The number of aromatic nitrogens is 4. The average Bonchev–Trinajstić information content (AvgIpc) is 3.30. The van der Waals surface area contributed by atoms with Crippen LogP contribution in [0.3, 0.4) is 0 Å². The van der Waals surface area contributed by atoms with Crippen LogP contribution >= 0.6 is 0 Å². The highest BCUT2D eigenvalue weighted by Crippen LogP contribution is 2.25. The molecule has 158 valence electrons. The maximum Gasteiger partial charge on any atom is 0.240 e. The molecule has 0 aliphatic carbocycles. The van der Waals surface area contributed by atoms with Crippen LogP contribution in [0.2, 0.25) is 0 Å². The molecule has 2 aliphatic heterocycles. The summed E-state index contributed by atoms with van der Waals surface area (Å²) < 4.78 is 5.82. The predicted octanol–water partition coefficient (Wildman–Crippen LogP) is -2.22. The zero-order valence-corrected chi connectivity index (χ0v) is 16.1. The van der Waals surface area contributed by atoms with Crippen molar-refractivity contribution in [3.8, 4) is 0 Å². The molecule has 6 N–H and O–H groups in total. The molecule has 0 bridgehead atoms. The predicted molar refractivity (Wildman–Crippen MR) is 101 cm³/mol. The van der Waals surface area contributed by atoms with E-state index in [1.54, 1.807) is 18.9 Å². The van der Waals surface area contributed by atoms with Crippen molar-refractivity contribution in [1.29, 1.82) is 0 Å². The Morgan fingerprint density at radius 1 is 1.28 bits per heavy atom. The molecule has 1 amide bonds. The Kier molecular flexibility index (Phi) is 5.36. The van der Waals surface area contributed by atoms with Crippen LogP contribution in [0.1, 0.15) is 13.3 Å². The number of aliphatic hydroxyl groups excluding tert-OH is 3. The summed E-state index contributed by atoms with van der Waals surface area (Å²) in [5.41, 5.74) is 0.991. The first-order valence-corrected chi connectivity index (χ1v) is 9.47. The van der Waals surface area contributed by atoms with Crippen molar-refractivity contribution in [1.82, 2.24) is 30.2 Å². The third-order valence-corrected chi connectivity index (χ3v) is 5.59. The third kappa shape index (κ3) is 3.65. The number of amides is 1. The minimum Gasteiger partial charge on any atom is -0.391 e. The first-order chi connectivity index (χ1) is 13.9. The number of nitrogens with zero attached hydrogens (tertiary/aromatic N) is 4. The van der Waals surface area contributed by atoms with Gasteiger partial charge in [0, 0.05) is 6.54 Å². The summed E-state index contributed by atoms with van der Waals surface area (Å²) in [6.45, 7) is 2.30. The molecule has 0 unspecified atom stereocenters. The summed E-state index contributed by atoms with van der Waals surface area (Å²) in [6.07, 6.45) is -1.67. The molecular weight excluding hydrogens is 382 g/mol. The lowest BCUT2D eigenvalue weighted by molar-refractivity contribution is -0.173. The van der Waals surface area contributed by atoms with E-state index in [0.717, 1.165) is 0 Å². The van der Waals surface area contributed by atoms with E-state index in [0.29, 0.717) is 29.9 Å². The van der Waals surface area contributed by atoms with Gasteiger partial charge in [-0.1, -0.05) is 0 Å². The second-order valence-electron chi connectivity index (χ2n) is 7.53. The fourth-order valence-corrected chi connectivity index (χ4v) is 3.95. The number of likely N-dealkylation sites (tertiary alicyclic amines) is 1. The number of aliphatic hydroxyl groups is 3. The summed E-state index contributed by atoms with van der Waals surface area (Å²) in [4.78, 5) is 29.5. The van der Waals surface area contributed by atoms with Crippen LogP contribution in [0.25, 0.3) is 11.2 Å². The van der Waals surface area contributed by atoms with Gasteiger partial charge in [-0.2, -0.15) is 0 Å². The second-order valence-corrected chi connectivity index (χ2v) is 7.53. The SMILES string of the molecule is C[C@@H]1O[C@H](Nc2ncnc3nc[nH]c23)[C@@H](O)[C@H](O)[C@H]1NC(=O)[C@H]1[C@@H](O)CCN1C. The number of likely N-dealkylation sites (N-methyl/N-ethyl adjacent to an activating group) is 1. The van der Waals surface area contributed by atoms with Gasteiger partial charge >= 0.3 is 0 Å². The normalized spacial score (nSPS) is 35.7. The van der Waals surface area contributed by atoms with Crippen molar-refractivity contribution in [3.05, 3.63) is 12.7 Å². The van der Waals surface area contributed by atoms with Gasteiger partial charge in [-0.15, -0.1) is 0 Å². The van der Waals surface area contributed by atoms with Gasteiger partial charge in [-0.3, -0.25) is 9.69 Å². The van der Waals surface area contributed by atoms with Gasteiger partial charge in [0.15, 0.2) is 17.7 Å². The Morgan fingerprint density at radius 3 is 2.79 bits per heavy atom. The molecule has 29 heavy (non-hydrogen) atoms. The molecule has 0 aromatic carbocycles. The molecule has 2 aliphatic rings. The Labute approximate surface area is 166 Å². The van der Waals surface area contributed by atoms with Crippen molar-refractivity contribution in [2.45, 2.75) is 56.1 Å². The molecule has 0 radical (unpaired) electrons. The summed E-state index contributed by atoms with van der Waals surface area (Å²) in [5, 5.41) is 36.9. The van der Waals surface area contributed by atoms with Crippen LogP contribution < -0.4 is 10.6 Å². The lowest BCUT2D eigenvalue weighted by Crippen LogP contribution is -2.65. The number of ether oxygens (including phenoxy) is 1. The fourth-order valence-electron chi connectivity index (χ4n) is 3.95. The summed E-state index contributed by atoms with van der Waals surface area (Å²) in [5.74, 6) is -0.0419. The van der Waals surface area contributed by atoms with Crippen LogP contribution in [0.4, 0.5) is 5.82 Å². The van der Waals surface area contributed by atoms with Crippen molar-refractivity contribution in [3.63, 3.8) is 0 Å². The van der Waals surface area contributed by atoms with Gasteiger partial charge in [0.05, 0.1) is 24.6 Å². The molecule has 2 fully saturated rings. The molecule has 12 nitrogen and oxygen atoms in total. The smallest absolute Gasteiger partial charge is 0.240 e. The number of H-pyrrole nitrogens is 1. The van der Waals surface area contributed by atoms with Crippen LogP contribution in [0.5, 0.6) is 0 Å². The van der Waals surface area contributed by atoms with E-state index < -0.39 is 48.6 Å². The highest BCUT2D eigenvalue weighted by molar-refractivity contribution is 5.83.